The van der Waals surface area contributed by atoms with E-state index >= 15 is 0 Å². The van der Waals surface area contributed by atoms with E-state index < -0.39 is 18.1 Å². The van der Waals surface area contributed by atoms with E-state index in [1.165, 1.54) is 12.3 Å². The van der Waals surface area contributed by atoms with Gasteiger partial charge in [-0.3, -0.25) is 9.78 Å². The Balaban J connectivity index is 2.75. The van der Waals surface area contributed by atoms with Crippen molar-refractivity contribution >= 4 is 23.5 Å². The van der Waals surface area contributed by atoms with Gasteiger partial charge < -0.3 is 10.4 Å². The number of rotatable bonds is 4. The van der Waals surface area contributed by atoms with Crippen molar-refractivity contribution in [2.45, 2.75) is 19.9 Å². The van der Waals surface area contributed by atoms with Gasteiger partial charge in [-0.15, -0.1) is 0 Å². The number of hydrogen-bond acceptors (Lipinski definition) is 3. The molecule has 0 radical (unpaired) electrons. The average Bonchev–Trinajstić information content (AvgIpc) is 2.27. The van der Waals surface area contributed by atoms with Crippen molar-refractivity contribution in [2.75, 3.05) is 0 Å². The highest BCUT2D eigenvalue weighted by molar-refractivity contribution is 6.30. The van der Waals surface area contributed by atoms with Crippen LogP contribution in [0.1, 0.15) is 24.3 Å². The van der Waals surface area contributed by atoms with Crippen LogP contribution in [0.25, 0.3) is 0 Å². The Kier molecular flexibility index (Phi) is 4.45. The zero-order chi connectivity index (χ0) is 13.0. The smallest absolute Gasteiger partial charge is 0.404 e. The number of nitrogens with one attached hydrogen (secondary N) is 1. The third kappa shape index (κ3) is 3.71. The molecule has 1 aromatic heterocycles. The number of carbonyl (C=O) groups excluding carboxylic acids is 1. The van der Waals surface area contributed by atoms with Crippen molar-refractivity contribution in [2.24, 2.45) is 5.92 Å². The molecule has 0 aliphatic carbocycles. The first-order chi connectivity index (χ1) is 7.91. The van der Waals surface area contributed by atoms with E-state index in [0.717, 1.165) is 0 Å². The van der Waals surface area contributed by atoms with Crippen LogP contribution in [-0.2, 0) is 0 Å². The molecule has 6 heteroatoms. The maximum Gasteiger partial charge on any atom is 0.404 e. The SMILES string of the molecule is CC(NC(=O)O)C(C)C(=O)c1ccc(Cl)cn1. The topological polar surface area (TPSA) is 79.3 Å². The monoisotopic (exact) mass is 256 g/mol. The molecule has 0 aliphatic heterocycles. The predicted octanol–water partition coefficient (Wildman–Crippen LogP) is 2.21. The molecule has 0 aliphatic rings. The van der Waals surface area contributed by atoms with E-state index in [1.807, 2.05) is 0 Å². The maximum absolute atomic E-state index is 11.9. The number of aromatic nitrogens is 1. The molecular weight excluding hydrogens is 244 g/mol. The molecule has 1 amide bonds. The number of halogens is 1. The van der Waals surface area contributed by atoms with Crippen molar-refractivity contribution in [1.82, 2.24) is 10.3 Å². The minimum absolute atomic E-state index is 0.220. The molecule has 0 saturated carbocycles. The number of Topliss-reactive ketones (excluding diaryl/α,β-unsaturated/α-hetero) is 1. The third-order valence-corrected chi connectivity index (χ3v) is 2.72. The summed E-state index contributed by atoms with van der Waals surface area (Å²) in [4.78, 5) is 26.3. The number of amides is 1. The standard InChI is InChI=1S/C11H13ClN2O3/c1-6(7(2)14-11(16)17)10(15)9-4-3-8(12)5-13-9/h3-7,14H,1-2H3,(H,16,17). The summed E-state index contributed by atoms with van der Waals surface area (Å²) in [6.45, 7) is 3.28. The van der Waals surface area contributed by atoms with Gasteiger partial charge in [-0.05, 0) is 19.1 Å². The summed E-state index contributed by atoms with van der Waals surface area (Å²) in [7, 11) is 0. The van der Waals surface area contributed by atoms with E-state index in [9.17, 15) is 9.59 Å². The Morgan fingerprint density at radius 1 is 1.41 bits per heavy atom. The zero-order valence-corrected chi connectivity index (χ0v) is 10.2. The summed E-state index contributed by atoms with van der Waals surface area (Å²) in [6.07, 6.45) is 0.234. The Morgan fingerprint density at radius 2 is 2.06 bits per heavy atom. The highest BCUT2D eigenvalue weighted by atomic mass is 35.5. The normalized spacial score (nSPS) is 13.8. The minimum atomic E-state index is -1.15. The second kappa shape index (κ2) is 5.63. The number of hydrogen-bond donors (Lipinski definition) is 2. The van der Waals surface area contributed by atoms with E-state index in [1.54, 1.807) is 19.9 Å². The summed E-state index contributed by atoms with van der Waals surface area (Å²) < 4.78 is 0. The molecule has 92 valence electrons. The summed E-state index contributed by atoms with van der Waals surface area (Å²) in [5.74, 6) is -0.706. The van der Waals surface area contributed by atoms with Crippen LogP contribution >= 0.6 is 11.6 Å². The van der Waals surface area contributed by atoms with Crippen LogP contribution in [0.4, 0.5) is 4.79 Å². The van der Waals surface area contributed by atoms with Gasteiger partial charge in [-0.2, -0.15) is 0 Å². The number of ketones is 1. The van der Waals surface area contributed by atoms with Gasteiger partial charge in [0.2, 0.25) is 0 Å². The Labute approximate surface area is 104 Å². The summed E-state index contributed by atoms with van der Waals surface area (Å²) in [6, 6.07) is 2.62. The number of nitrogens with zero attached hydrogens (tertiary/aromatic N) is 1. The van der Waals surface area contributed by atoms with E-state index in [2.05, 4.69) is 10.3 Å². The van der Waals surface area contributed by atoms with E-state index in [-0.39, 0.29) is 11.5 Å². The van der Waals surface area contributed by atoms with Gasteiger partial charge in [-0.1, -0.05) is 18.5 Å². The second-order valence-corrected chi connectivity index (χ2v) is 4.19. The van der Waals surface area contributed by atoms with Gasteiger partial charge >= 0.3 is 6.09 Å². The Bertz CT molecular complexity index is 419. The molecule has 0 saturated heterocycles. The van der Waals surface area contributed by atoms with E-state index in [4.69, 9.17) is 16.7 Å². The number of pyridine rings is 1. The Hall–Kier alpha value is -1.62. The van der Waals surface area contributed by atoms with Crippen molar-refractivity contribution in [3.05, 3.63) is 29.0 Å². The van der Waals surface area contributed by atoms with Gasteiger partial charge in [0.25, 0.3) is 0 Å². The molecule has 2 atom stereocenters. The molecule has 1 aromatic rings. The lowest BCUT2D eigenvalue weighted by molar-refractivity contribution is 0.0902. The average molecular weight is 257 g/mol. The number of carbonyl (C=O) groups is 2. The fraction of sp³-hybridized carbons (Fsp3) is 0.364. The van der Waals surface area contributed by atoms with Crippen molar-refractivity contribution < 1.29 is 14.7 Å². The van der Waals surface area contributed by atoms with Gasteiger partial charge in [0, 0.05) is 18.2 Å². The molecule has 1 heterocycles. The van der Waals surface area contributed by atoms with Crippen molar-refractivity contribution in [3.63, 3.8) is 0 Å². The third-order valence-electron chi connectivity index (χ3n) is 2.49. The minimum Gasteiger partial charge on any atom is -0.465 e. The zero-order valence-electron chi connectivity index (χ0n) is 9.48. The molecule has 0 bridgehead atoms. The van der Waals surface area contributed by atoms with E-state index in [0.29, 0.717) is 5.02 Å². The molecule has 0 spiro atoms. The largest absolute Gasteiger partial charge is 0.465 e. The molecule has 0 fully saturated rings. The van der Waals surface area contributed by atoms with Crippen LogP contribution < -0.4 is 5.32 Å². The first-order valence-corrected chi connectivity index (χ1v) is 5.45. The Morgan fingerprint density at radius 3 is 2.53 bits per heavy atom. The van der Waals surface area contributed by atoms with Crippen LogP contribution in [0, 0.1) is 5.92 Å². The quantitative estimate of drug-likeness (QED) is 0.810. The highest BCUT2D eigenvalue weighted by Crippen LogP contribution is 2.13. The number of carboxylic acid groups (broad SMARTS) is 1. The molecule has 0 aromatic carbocycles. The lowest BCUT2D eigenvalue weighted by Crippen LogP contribution is -2.39. The lowest BCUT2D eigenvalue weighted by Gasteiger charge is -2.18. The molecule has 17 heavy (non-hydrogen) atoms. The van der Waals surface area contributed by atoms with Crippen molar-refractivity contribution in [3.8, 4) is 0 Å². The molecule has 2 unspecified atom stereocenters. The van der Waals surface area contributed by atoms with Crippen LogP contribution in [0.15, 0.2) is 18.3 Å². The second-order valence-electron chi connectivity index (χ2n) is 3.75. The predicted molar refractivity (Wildman–Crippen MR) is 63.4 cm³/mol. The van der Waals surface area contributed by atoms with Gasteiger partial charge in [0.15, 0.2) is 5.78 Å². The summed E-state index contributed by atoms with van der Waals surface area (Å²) in [5.41, 5.74) is 0.279. The summed E-state index contributed by atoms with van der Waals surface area (Å²) in [5, 5.41) is 11.3. The highest BCUT2D eigenvalue weighted by Gasteiger charge is 2.23. The molecule has 1 rings (SSSR count). The first kappa shape index (κ1) is 13.4. The van der Waals surface area contributed by atoms with Gasteiger partial charge in [0.05, 0.1) is 5.02 Å². The maximum atomic E-state index is 11.9. The summed E-state index contributed by atoms with van der Waals surface area (Å²) >= 11 is 5.66. The van der Waals surface area contributed by atoms with Gasteiger partial charge in [0.1, 0.15) is 5.69 Å². The van der Waals surface area contributed by atoms with Crippen LogP contribution in [-0.4, -0.2) is 28.0 Å². The molecule has 5 nitrogen and oxygen atoms in total. The molecular formula is C11H13ClN2O3. The fourth-order valence-corrected chi connectivity index (χ4v) is 1.41. The van der Waals surface area contributed by atoms with Crippen LogP contribution in [0.5, 0.6) is 0 Å². The molecule has 2 N–H and O–H groups in total. The first-order valence-electron chi connectivity index (χ1n) is 5.07. The fourth-order valence-electron chi connectivity index (χ4n) is 1.30. The van der Waals surface area contributed by atoms with Crippen LogP contribution in [0.2, 0.25) is 5.02 Å². The van der Waals surface area contributed by atoms with Crippen LogP contribution in [0.3, 0.4) is 0 Å². The van der Waals surface area contributed by atoms with Gasteiger partial charge in [-0.25, -0.2) is 4.79 Å². The van der Waals surface area contributed by atoms with Crippen molar-refractivity contribution in [1.29, 1.82) is 0 Å². The lowest BCUT2D eigenvalue weighted by atomic mass is 9.96.